The average molecular weight is 337 g/mol. The number of rotatable bonds is 5. The number of carbonyl (C=O) groups is 1. The van der Waals surface area contributed by atoms with Gasteiger partial charge in [-0.1, -0.05) is 12.1 Å². The van der Waals surface area contributed by atoms with Crippen molar-refractivity contribution in [3.63, 3.8) is 0 Å². The fourth-order valence-corrected chi connectivity index (χ4v) is 4.02. The molecule has 0 radical (unpaired) electrons. The average Bonchev–Trinajstić information content (AvgIpc) is 3.17. The van der Waals surface area contributed by atoms with Gasteiger partial charge in [-0.25, -0.2) is 8.42 Å². The van der Waals surface area contributed by atoms with Crippen LogP contribution in [0.4, 0.5) is 5.69 Å². The Labute approximate surface area is 137 Å². The third-order valence-corrected chi connectivity index (χ3v) is 5.41. The largest absolute Gasteiger partial charge is 0.352 e. The number of amides is 1. The predicted octanol–water partition coefficient (Wildman–Crippen LogP) is 1.06. The minimum Gasteiger partial charge on any atom is -0.352 e. The third kappa shape index (κ3) is 4.03. The van der Waals surface area contributed by atoms with Crippen LogP contribution in [0, 0.1) is 11.3 Å². The molecule has 1 aliphatic heterocycles. The van der Waals surface area contributed by atoms with Gasteiger partial charge in [0.1, 0.15) is 0 Å². The first-order valence-electron chi connectivity index (χ1n) is 7.93. The highest BCUT2D eigenvalue weighted by atomic mass is 32.2. The molecule has 23 heavy (non-hydrogen) atoms. The predicted molar refractivity (Wildman–Crippen MR) is 89.4 cm³/mol. The number of benzene rings is 1. The molecule has 0 aromatic heterocycles. The van der Waals surface area contributed by atoms with Gasteiger partial charge >= 0.3 is 0 Å². The summed E-state index contributed by atoms with van der Waals surface area (Å²) in [5, 5.41) is 6.32. The van der Waals surface area contributed by atoms with Gasteiger partial charge in [-0.3, -0.25) is 9.52 Å². The molecule has 2 aliphatic rings. The van der Waals surface area contributed by atoms with Gasteiger partial charge in [-0.2, -0.15) is 0 Å². The summed E-state index contributed by atoms with van der Waals surface area (Å²) in [7, 11) is -3.29. The van der Waals surface area contributed by atoms with Gasteiger partial charge < -0.3 is 10.6 Å². The summed E-state index contributed by atoms with van der Waals surface area (Å²) in [5.74, 6) is 0.260. The molecule has 1 atom stereocenters. The molecule has 0 bridgehead atoms. The molecule has 1 spiro atoms. The summed E-state index contributed by atoms with van der Waals surface area (Å²) >= 11 is 0. The lowest BCUT2D eigenvalue weighted by Crippen LogP contribution is -2.33. The Morgan fingerprint density at radius 2 is 2.09 bits per heavy atom. The van der Waals surface area contributed by atoms with Crippen LogP contribution in [0.2, 0.25) is 0 Å². The van der Waals surface area contributed by atoms with E-state index in [2.05, 4.69) is 15.4 Å². The molecule has 1 aliphatic carbocycles. The molecule has 3 rings (SSSR count). The molecule has 3 N–H and O–H groups in total. The standard InChI is InChI=1S/C16H23N3O3S/c1-23(21,22)19-13-4-2-3-12(9-13)11-18-15(20)14-10-16(14)5-7-17-8-6-16/h2-4,9,14,17,19H,5-8,10-11H2,1H3,(H,18,20). The van der Waals surface area contributed by atoms with E-state index in [1.165, 1.54) is 0 Å². The smallest absolute Gasteiger partial charge is 0.229 e. The van der Waals surface area contributed by atoms with Crippen LogP contribution in [-0.2, 0) is 21.4 Å². The Bertz CT molecular complexity index is 696. The second kappa shape index (κ2) is 6.13. The lowest BCUT2D eigenvalue weighted by Gasteiger charge is -2.23. The third-order valence-electron chi connectivity index (χ3n) is 4.80. The molecule has 7 heteroatoms. The Hall–Kier alpha value is -1.60. The van der Waals surface area contributed by atoms with Crippen LogP contribution in [0.25, 0.3) is 0 Å². The molecule has 1 heterocycles. The zero-order valence-corrected chi connectivity index (χ0v) is 14.1. The maximum atomic E-state index is 12.3. The molecule has 126 valence electrons. The van der Waals surface area contributed by atoms with Crippen molar-refractivity contribution in [3.8, 4) is 0 Å². The van der Waals surface area contributed by atoms with E-state index < -0.39 is 10.0 Å². The van der Waals surface area contributed by atoms with Crippen LogP contribution in [0.15, 0.2) is 24.3 Å². The van der Waals surface area contributed by atoms with Crippen LogP contribution in [0.5, 0.6) is 0 Å². The molecule has 1 saturated heterocycles. The number of sulfonamides is 1. The van der Waals surface area contributed by atoms with Crippen molar-refractivity contribution >= 4 is 21.6 Å². The van der Waals surface area contributed by atoms with E-state index >= 15 is 0 Å². The highest BCUT2D eigenvalue weighted by Crippen LogP contribution is 2.58. The Kier molecular flexibility index (Phi) is 4.33. The number of hydrogen-bond donors (Lipinski definition) is 3. The van der Waals surface area contributed by atoms with Crippen molar-refractivity contribution in [1.82, 2.24) is 10.6 Å². The molecular weight excluding hydrogens is 314 g/mol. The normalized spacial score (nSPS) is 22.6. The van der Waals surface area contributed by atoms with E-state index in [4.69, 9.17) is 0 Å². The van der Waals surface area contributed by atoms with Crippen LogP contribution < -0.4 is 15.4 Å². The second-order valence-electron chi connectivity index (χ2n) is 6.66. The van der Waals surface area contributed by atoms with Crippen LogP contribution in [0.1, 0.15) is 24.8 Å². The van der Waals surface area contributed by atoms with E-state index in [9.17, 15) is 13.2 Å². The van der Waals surface area contributed by atoms with Gasteiger partial charge in [0, 0.05) is 18.2 Å². The summed E-state index contributed by atoms with van der Waals surface area (Å²) in [4.78, 5) is 12.3. The van der Waals surface area contributed by atoms with E-state index in [1.807, 2.05) is 6.07 Å². The molecule has 2 fully saturated rings. The molecule has 1 aromatic carbocycles. The van der Waals surface area contributed by atoms with Crippen molar-refractivity contribution in [3.05, 3.63) is 29.8 Å². The van der Waals surface area contributed by atoms with E-state index in [0.717, 1.165) is 44.2 Å². The number of carbonyl (C=O) groups excluding carboxylic acids is 1. The lowest BCUT2D eigenvalue weighted by molar-refractivity contribution is -0.123. The van der Waals surface area contributed by atoms with Crippen molar-refractivity contribution in [2.45, 2.75) is 25.8 Å². The lowest BCUT2D eigenvalue weighted by atomic mass is 9.92. The zero-order chi connectivity index (χ0) is 16.5. The highest BCUT2D eigenvalue weighted by Gasteiger charge is 2.57. The first-order chi connectivity index (χ1) is 10.9. The molecular formula is C16H23N3O3S. The van der Waals surface area contributed by atoms with Crippen LogP contribution in [-0.4, -0.2) is 33.7 Å². The van der Waals surface area contributed by atoms with Gasteiger partial charge in [0.05, 0.1) is 6.26 Å². The molecule has 1 unspecified atom stereocenters. The van der Waals surface area contributed by atoms with E-state index in [0.29, 0.717) is 12.2 Å². The Balaban J connectivity index is 1.54. The second-order valence-corrected chi connectivity index (χ2v) is 8.41. The van der Waals surface area contributed by atoms with E-state index in [1.54, 1.807) is 18.2 Å². The van der Waals surface area contributed by atoms with Crippen molar-refractivity contribution in [2.75, 3.05) is 24.1 Å². The number of anilines is 1. The summed E-state index contributed by atoms with van der Waals surface area (Å²) in [6, 6.07) is 7.09. The van der Waals surface area contributed by atoms with Crippen LogP contribution >= 0.6 is 0 Å². The Morgan fingerprint density at radius 3 is 2.78 bits per heavy atom. The number of hydrogen-bond acceptors (Lipinski definition) is 4. The minimum absolute atomic E-state index is 0.119. The Morgan fingerprint density at radius 1 is 1.35 bits per heavy atom. The molecule has 1 saturated carbocycles. The topological polar surface area (TPSA) is 87.3 Å². The molecule has 6 nitrogen and oxygen atoms in total. The van der Waals surface area contributed by atoms with Crippen molar-refractivity contribution in [2.24, 2.45) is 11.3 Å². The van der Waals surface area contributed by atoms with Crippen molar-refractivity contribution < 1.29 is 13.2 Å². The molecule has 1 aromatic rings. The van der Waals surface area contributed by atoms with Gasteiger partial charge in [0.25, 0.3) is 0 Å². The number of nitrogens with one attached hydrogen (secondary N) is 3. The zero-order valence-electron chi connectivity index (χ0n) is 13.3. The summed E-state index contributed by atoms with van der Waals surface area (Å²) < 4.78 is 25.0. The van der Waals surface area contributed by atoms with Crippen LogP contribution in [0.3, 0.4) is 0 Å². The number of piperidine rings is 1. The van der Waals surface area contributed by atoms with E-state index in [-0.39, 0.29) is 17.2 Å². The maximum absolute atomic E-state index is 12.3. The minimum atomic E-state index is -3.29. The van der Waals surface area contributed by atoms with Gasteiger partial charge in [0.2, 0.25) is 15.9 Å². The molecule has 1 amide bonds. The highest BCUT2D eigenvalue weighted by molar-refractivity contribution is 7.92. The van der Waals surface area contributed by atoms with Crippen molar-refractivity contribution in [1.29, 1.82) is 0 Å². The summed E-state index contributed by atoms with van der Waals surface area (Å²) in [6.07, 6.45) is 4.28. The van der Waals surface area contributed by atoms with Gasteiger partial charge in [0.15, 0.2) is 0 Å². The summed E-state index contributed by atoms with van der Waals surface area (Å²) in [5.41, 5.74) is 1.63. The summed E-state index contributed by atoms with van der Waals surface area (Å²) in [6.45, 7) is 2.43. The SMILES string of the molecule is CS(=O)(=O)Nc1cccc(CNC(=O)C2CC23CCNCC3)c1. The first-order valence-corrected chi connectivity index (χ1v) is 9.82. The fraction of sp³-hybridized carbons (Fsp3) is 0.562. The van der Waals surface area contributed by atoms with Gasteiger partial charge in [-0.15, -0.1) is 0 Å². The quantitative estimate of drug-likeness (QED) is 0.750. The maximum Gasteiger partial charge on any atom is 0.229 e. The monoisotopic (exact) mass is 337 g/mol. The first kappa shape index (κ1) is 16.3. The fourth-order valence-electron chi connectivity index (χ4n) is 3.47. The van der Waals surface area contributed by atoms with Gasteiger partial charge in [-0.05, 0) is 55.5 Å².